The van der Waals surface area contributed by atoms with Gasteiger partial charge in [-0.2, -0.15) is 0 Å². The molecule has 238 valence electrons. The molecular weight excluding hydrogens is 542 g/mol. The molecule has 1 unspecified atom stereocenters. The van der Waals surface area contributed by atoms with Gasteiger partial charge in [0.15, 0.2) is 5.78 Å². The third-order valence-corrected chi connectivity index (χ3v) is 10.0. The van der Waals surface area contributed by atoms with E-state index in [1.807, 2.05) is 95.3 Å². The van der Waals surface area contributed by atoms with Crippen molar-refractivity contribution in [2.45, 2.75) is 128 Å². The van der Waals surface area contributed by atoms with Crippen molar-refractivity contribution in [3.8, 4) is 11.5 Å². The highest BCUT2D eigenvalue weighted by atomic mass is 16.4. The molecule has 2 aromatic carbocycles. The van der Waals surface area contributed by atoms with E-state index < -0.39 is 50.6 Å². The van der Waals surface area contributed by atoms with Gasteiger partial charge in [0.2, 0.25) is 5.60 Å². The van der Waals surface area contributed by atoms with Crippen LogP contribution >= 0.6 is 0 Å². The third-order valence-electron chi connectivity index (χ3n) is 10.0. The van der Waals surface area contributed by atoms with E-state index in [4.69, 9.17) is 0 Å². The first-order valence-electron chi connectivity index (χ1n) is 15.2. The highest BCUT2D eigenvalue weighted by Gasteiger charge is 2.58. The molecule has 43 heavy (non-hydrogen) atoms. The molecule has 0 amide bonds. The van der Waals surface area contributed by atoms with Gasteiger partial charge in [0.05, 0.1) is 0 Å². The van der Waals surface area contributed by atoms with Crippen LogP contribution in [0.3, 0.4) is 0 Å². The van der Waals surface area contributed by atoms with Crippen LogP contribution in [0.2, 0.25) is 0 Å². The monoisotopic (exact) mass is 595 g/mol. The first-order chi connectivity index (χ1) is 19.3. The van der Waals surface area contributed by atoms with Crippen LogP contribution in [0.25, 0.3) is 0 Å². The number of benzene rings is 2. The van der Waals surface area contributed by atoms with Gasteiger partial charge in [-0.1, -0.05) is 72.7 Å². The van der Waals surface area contributed by atoms with Crippen LogP contribution in [0.1, 0.15) is 118 Å². The molecule has 1 fully saturated rings. The Morgan fingerprint density at radius 3 is 1.49 bits per heavy atom. The zero-order valence-corrected chi connectivity index (χ0v) is 28.2. The predicted octanol–water partition coefficient (Wildman–Crippen LogP) is 6.67. The fraction of sp³-hybridized carbons (Fsp3) is 0.611. The summed E-state index contributed by atoms with van der Waals surface area (Å²) < 4.78 is 0. The van der Waals surface area contributed by atoms with Gasteiger partial charge in [-0.05, 0) is 92.8 Å². The van der Waals surface area contributed by atoms with Crippen LogP contribution in [-0.4, -0.2) is 60.8 Å². The minimum atomic E-state index is -2.61. The number of Topliss-reactive ketones (excluding diaryl/α,β-unsaturated/α-hetero) is 1. The number of carbonyl (C=O) groups excluding carboxylic acids is 1. The lowest BCUT2D eigenvalue weighted by Crippen LogP contribution is -2.65. The summed E-state index contributed by atoms with van der Waals surface area (Å²) in [6.45, 7) is 21.8. The quantitative estimate of drug-likeness (QED) is 0.264. The lowest BCUT2D eigenvalue weighted by atomic mass is 9.63. The minimum absolute atomic E-state index is 0.129. The minimum Gasteiger partial charge on any atom is -0.508 e. The number of phenols is 2. The van der Waals surface area contributed by atoms with E-state index in [9.17, 15) is 30.0 Å². The Kier molecular flexibility index (Phi) is 8.78. The molecule has 2 aromatic rings. The fourth-order valence-corrected chi connectivity index (χ4v) is 6.97. The van der Waals surface area contributed by atoms with Crippen LogP contribution in [0, 0.1) is 5.92 Å². The standard InChI is InChI=1S/C36H53NO6/c1-31(2,3)25-17-22(13-15-27(25)38)35(11,23-14-16-28(39)26(18-23)32(4,5)6)21-29(40)36(43,30(41)42)24-19-33(7,8)37(12)34(9,10)20-24/h13-18,24,38-39,43H,19-21H2,1-12H3,(H,41,42). The predicted molar refractivity (Wildman–Crippen MR) is 171 cm³/mol. The van der Waals surface area contributed by atoms with Crippen molar-refractivity contribution in [3.63, 3.8) is 0 Å². The van der Waals surface area contributed by atoms with Crippen molar-refractivity contribution >= 4 is 11.8 Å². The van der Waals surface area contributed by atoms with Gasteiger partial charge in [-0.15, -0.1) is 0 Å². The highest BCUT2D eigenvalue weighted by Crippen LogP contribution is 2.48. The number of piperidine rings is 1. The van der Waals surface area contributed by atoms with Gasteiger partial charge in [-0.3, -0.25) is 9.69 Å². The van der Waals surface area contributed by atoms with Crippen molar-refractivity contribution in [3.05, 3.63) is 58.7 Å². The molecule has 0 radical (unpaired) electrons. The van der Waals surface area contributed by atoms with Crippen LogP contribution in [0.15, 0.2) is 36.4 Å². The summed E-state index contributed by atoms with van der Waals surface area (Å²) in [5.74, 6) is -2.85. The number of aliphatic carboxylic acids is 1. The number of likely N-dealkylation sites (tertiary alicyclic amines) is 1. The topological polar surface area (TPSA) is 118 Å². The van der Waals surface area contributed by atoms with Gasteiger partial charge in [-0.25, -0.2) is 4.79 Å². The maximum absolute atomic E-state index is 14.4. The Balaban J connectivity index is 2.26. The SMILES string of the molecule is CN1C(C)(C)CC(C(O)(C(=O)O)C(=O)CC(C)(c2ccc(O)c(C(C)(C)C)c2)c2ccc(O)c(C(C)(C)C)c2)CC1(C)C. The number of aromatic hydroxyl groups is 2. The molecule has 0 bridgehead atoms. The van der Waals surface area contributed by atoms with Crippen LogP contribution < -0.4 is 0 Å². The third kappa shape index (κ3) is 6.34. The molecule has 3 rings (SSSR count). The lowest BCUT2D eigenvalue weighted by Gasteiger charge is -2.55. The Hall–Kier alpha value is -2.90. The van der Waals surface area contributed by atoms with Crippen molar-refractivity contribution < 1.29 is 30.0 Å². The molecule has 1 aliphatic rings. The second-order valence-electron chi connectivity index (χ2n) is 16.3. The number of carbonyl (C=O) groups is 2. The summed E-state index contributed by atoms with van der Waals surface area (Å²) in [6.07, 6.45) is 0.365. The normalized spacial score (nSPS) is 19.6. The Morgan fingerprint density at radius 1 is 0.791 bits per heavy atom. The number of hydrogen-bond acceptors (Lipinski definition) is 6. The zero-order valence-electron chi connectivity index (χ0n) is 28.2. The number of nitrogens with zero attached hydrogens (tertiary/aromatic N) is 1. The van der Waals surface area contributed by atoms with Gasteiger partial charge >= 0.3 is 5.97 Å². The molecule has 1 aliphatic heterocycles. The Labute approximate surface area is 258 Å². The molecule has 0 spiro atoms. The van der Waals surface area contributed by atoms with Crippen molar-refractivity contribution in [1.29, 1.82) is 0 Å². The second kappa shape index (κ2) is 10.9. The molecule has 7 heteroatoms. The van der Waals surface area contributed by atoms with E-state index in [0.717, 1.165) is 0 Å². The summed E-state index contributed by atoms with van der Waals surface area (Å²) in [5, 5.41) is 44.0. The zero-order chi connectivity index (χ0) is 33.1. The molecule has 4 N–H and O–H groups in total. The van der Waals surface area contributed by atoms with Crippen molar-refractivity contribution in [2.75, 3.05) is 7.05 Å². The Morgan fingerprint density at radius 2 is 1.16 bits per heavy atom. The molecular formula is C36H53NO6. The fourth-order valence-electron chi connectivity index (χ4n) is 6.97. The first kappa shape index (κ1) is 34.6. The number of carboxylic acid groups (broad SMARTS) is 1. The van der Waals surface area contributed by atoms with Gasteiger partial charge in [0, 0.05) is 28.8 Å². The Bertz CT molecular complexity index is 1310. The number of aliphatic hydroxyl groups is 1. The van der Waals surface area contributed by atoms with E-state index in [0.29, 0.717) is 35.1 Å². The summed E-state index contributed by atoms with van der Waals surface area (Å²) in [4.78, 5) is 29.5. The second-order valence-corrected chi connectivity index (χ2v) is 16.3. The lowest BCUT2D eigenvalue weighted by molar-refractivity contribution is -0.180. The largest absolute Gasteiger partial charge is 0.508 e. The van der Waals surface area contributed by atoms with E-state index in [1.54, 1.807) is 24.3 Å². The van der Waals surface area contributed by atoms with Gasteiger partial charge in [0.1, 0.15) is 11.5 Å². The smallest absolute Gasteiger partial charge is 0.343 e. The maximum atomic E-state index is 14.4. The molecule has 0 aliphatic carbocycles. The van der Waals surface area contributed by atoms with Crippen LogP contribution in [-0.2, 0) is 25.8 Å². The first-order valence-corrected chi connectivity index (χ1v) is 15.2. The number of phenolic OH excluding ortho intramolecular Hbond substituents is 2. The summed E-state index contributed by atoms with van der Waals surface area (Å²) in [7, 11) is 1.99. The molecule has 1 heterocycles. The number of hydrogen-bond donors (Lipinski definition) is 4. The van der Waals surface area contributed by atoms with Crippen molar-refractivity contribution in [1.82, 2.24) is 4.90 Å². The number of rotatable bonds is 7. The molecule has 1 saturated heterocycles. The van der Waals surface area contributed by atoms with Crippen molar-refractivity contribution in [2.24, 2.45) is 5.92 Å². The van der Waals surface area contributed by atoms with E-state index in [-0.39, 0.29) is 17.9 Å². The summed E-state index contributed by atoms with van der Waals surface area (Å²) >= 11 is 0. The number of ketones is 1. The van der Waals surface area contributed by atoms with E-state index in [1.165, 1.54) is 0 Å². The van der Waals surface area contributed by atoms with Crippen LogP contribution in [0.4, 0.5) is 0 Å². The molecule has 0 aromatic heterocycles. The maximum Gasteiger partial charge on any atom is 0.343 e. The molecule has 7 nitrogen and oxygen atoms in total. The average molecular weight is 596 g/mol. The summed E-state index contributed by atoms with van der Waals surface area (Å²) in [5.41, 5.74) is -2.66. The van der Waals surface area contributed by atoms with Gasteiger partial charge in [0.25, 0.3) is 0 Å². The average Bonchev–Trinajstić information content (AvgIpc) is 2.85. The van der Waals surface area contributed by atoms with E-state index in [2.05, 4.69) is 4.90 Å². The van der Waals surface area contributed by atoms with Crippen LogP contribution in [0.5, 0.6) is 11.5 Å². The highest BCUT2D eigenvalue weighted by molar-refractivity contribution is 6.07. The summed E-state index contributed by atoms with van der Waals surface area (Å²) in [6, 6.07) is 10.5. The molecule has 1 atom stereocenters. The van der Waals surface area contributed by atoms with E-state index >= 15 is 0 Å². The van der Waals surface area contributed by atoms with Gasteiger partial charge < -0.3 is 20.4 Å². The molecule has 0 saturated carbocycles. The number of carboxylic acids is 1.